The Labute approximate surface area is 184 Å². The van der Waals surface area contributed by atoms with E-state index in [1.807, 2.05) is 19.1 Å². The van der Waals surface area contributed by atoms with Crippen molar-refractivity contribution in [2.75, 3.05) is 5.32 Å². The molecule has 0 heterocycles. The molecule has 0 spiro atoms. The molecule has 1 N–H and O–H groups in total. The molecule has 6 rings (SSSR count). The number of carbonyl (C=O) groups is 1. The van der Waals surface area contributed by atoms with Gasteiger partial charge in [-0.3, -0.25) is 4.79 Å². The fourth-order valence-corrected chi connectivity index (χ4v) is 6.83. The van der Waals surface area contributed by atoms with E-state index in [0.717, 1.165) is 29.0 Å². The van der Waals surface area contributed by atoms with Crippen LogP contribution in [0, 0.1) is 24.7 Å². The van der Waals surface area contributed by atoms with Crippen LogP contribution < -0.4 is 10.1 Å². The minimum atomic E-state index is -0.590. The number of amides is 1. The van der Waals surface area contributed by atoms with Crippen LogP contribution in [0.2, 0.25) is 5.02 Å². The molecule has 3 nitrogen and oxygen atoms in total. The van der Waals surface area contributed by atoms with Gasteiger partial charge in [0.15, 0.2) is 6.10 Å². The molecular formula is C26H30ClNO2. The Kier molecular flexibility index (Phi) is 5.05. The number of aryl methyl sites for hydroxylation is 1. The maximum atomic E-state index is 12.6. The minimum Gasteiger partial charge on any atom is -0.481 e. The Morgan fingerprint density at radius 2 is 1.63 bits per heavy atom. The fraction of sp³-hybridized carbons (Fsp3) is 0.500. The fourth-order valence-electron chi connectivity index (χ4n) is 6.60. The highest BCUT2D eigenvalue weighted by molar-refractivity contribution is 6.30. The number of hydrogen-bond donors (Lipinski definition) is 1. The molecule has 4 bridgehead atoms. The molecule has 30 heavy (non-hydrogen) atoms. The summed E-state index contributed by atoms with van der Waals surface area (Å²) in [6.07, 6.45) is 7.85. The highest BCUT2D eigenvalue weighted by atomic mass is 35.5. The molecule has 1 atom stereocenters. The van der Waals surface area contributed by atoms with Gasteiger partial charge in [0.05, 0.1) is 0 Å². The number of halogens is 1. The topological polar surface area (TPSA) is 38.3 Å². The van der Waals surface area contributed by atoms with Gasteiger partial charge in [-0.1, -0.05) is 23.7 Å². The van der Waals surface area contributed by atoms with Crippen molar-refractivity contribution in [1.82, 2.24) is 0 Å². The summed E-state index contributed by atoms with van der Waals surface area (Å²) in [5.41, 5.74) is 3.61. The van der Waals surface area contributed by atoms with Crippen LogP contribution in [0.4, 0.5) is 5.69 Å². The van der Waals surface area contributed by atoms with E-state index >= 15 is 0 Å². The van der Waals surface area contributed by atoms with Crippen molar-refractivity contribution in [3.8, 4) is 5.75 Å². The SMILES string of the molecule is Cc1cc(Cl)ccc1O[C@H](C)C(=O)Nc1ccc(C23CC4CC(CC(C4)C2)C3)cc1. The lowest BCUT2D eigenvalue weighted by Crippen LogP contribution is -2.48. The number of rotatable bonds is 5. The van der Waals surface area contributed by atoms with E-state index in [1.165, 1.54) is 44.1 Å². The van der Waals surface area contributed by atoms with Crippen LogP contribution in [0.25, 0.3) is 0 Å². The second-order valence-corrected chi connectivity index (χ2v) is 10.4. The molecule has 4 fully saturated rings. The Hall–Kier alpha value is -2.00. The summed E-state index contributed by atoms with van der Waals surface area (Å²) in [6.45, 7) is 3.70. The lowest BCUT2D eigenvalue weighted by Gasteiger charge is -2.57. The highest BCUT2D eigenvalue weighted by Gasteiger charge is 2.51. The second-order valence-electron chi connectivity index (χ2n) is 9.93. The summed E-state index contributed by atoms with van der Waals surface area (Å²) in [4.78, 5) is 12.6. The van der Waals surface area contributed by atoms with Crippen LogP contribution in [0.15, 0.2) is 42.5 Å². The molecule has 4 aliphatic rings. The monoisotopic (exact) mass is 423 g/mol. The van der Waals surface area contributed by atoms with Crippen LogP contribution in [0.3, 0.4) is 0 Å². The standard InChI is InChI=1S/C26H30ClNO2/c1-16-9-22(27)5-8-24(16)30-17(2)25(29)28-23-6-3-21(4-7-23)26-13-18-10-19(14-26)12-20(11-18)15-26/h3-9,17-20H,10-15H2,1-2H3,(H,28,29)/t17-,18?,19?,20?,26?/m1/s1. The summed E-state index contributed by atoms with van der Waals surface area (Å²) in [5.74, 6) is 3.34. The van der Waals surface area contributed by atoms with Gasteiger partial charge in [0.1, 0.15) is 5.75 Å². The summed E-state index contributed by atoms with van der Waals surface area (Å²) < 4.78 is 5.85. The van der Waals surface area contributed by atoms with Crippen molar-refractivity contribution < 1.29 is 9.53 Å². The first-order valence-corrected chi connectivity index (χ1v) is 11.6. The third-order valence-corrected chi connectivity index (χ3v) is 7.85. The van der Waals surface area contributed by atoms with Gasteiger partial charge in [0.2, 0.25) is 0 Å². The molecule has 2 aromatic carbocycles. The first-order valence-electron chi connectivity index (χ1n) is 11.2. The van der Waals surface area contributed by atoms with Crippen molar-refractivity contribution in [2.24, 2.45) is 17.8 Å². The summed E-state index contributed by atoms with van der Waals surface area (Å²) in [6, 6.07) is 14.0. The van der Waals surface area contributed by atoms with Crippen molar-refractivity contribution >= 4 is 23.2 Å². The van der Waals surface area contributed by atoms with Crippen molar-refractivity contribution in [1.29, 1.82) is 0 Å². The highest BCUT2D eigenvalue weighted by Crippen LogP contribution is 2.60. The van der Waals surface area contributed by atoms with Gasteiger partial charge in [-0.05, 0) is 117 Å². The Morgan fingerprint density at radius 1 is 1.03 bits per heavy atom. The lowest BCUT2D eigenvalue weighted by molar-refractivity contribution is -0.122. The molecule has 1 amide bonds. The van der Waals surface area contributed by atoms with E-state index in [4.69, 9.17) is 16.3 Å². The van der Waals surface area contributed by atoms with Gasteiger partial charge in [-0.2, -0.15) is 0 Å². The number of anilines is 1. The molecule has 0 unspecified atom stereocenters. The number of ether oxygens (including phenoxy) is 1. The third kappa shape index (κ3) is 3.73. The van der Waals surface area contributed by atoms with Crippen LogP contribution in [-0.2, 0) is 10.2 Å². The van der Waals surface area contributed by atoms with E-state index in [0.29, 0.717) is 16.2 Å². The quantitative estimate of drug-likeness (QED) is 0.594. The van der Waals surface area contributed by atoms with Crippen LogP contribution in [-0.4, -0.2) is 12.0 Å². The Bertz CT molecular complexity index is 917. The average Bonchev–Trinajstić information content (AvgIpc) is 2.69. The number of carbonyl (C=O) groups excluding carboxylic acids is 1. The molecule has 0 radical (unpaired) electrons. The van der Waals surface area contributed by atoms with E-state index in [-0.39, 0.29) is 5.91 Å². The van der Waals surface area contributed by atoms with Gasteiger partial charge >= 0.3 is 0 Å². The maximum Gasteiger partial charge on any atom is 0.265 e. The first-order chi connectivity index (χ1) is 14.4. The first kappa shape index (κ1) is 19.9. The average molecular weight is 424 g/mol. The van der Waals surface area contributed by atoms with E-state index in [1.54, 1.807) is 13.0 Å². The molecule has 0 aromatic heterocycles. The minimum absolute atomic E-state index is 0.146. The molecule has 4 aliphatic carbocycles. The van der Waals surface area contributed by atoms with Gasteiger partial charge < -0.3 is 10.1 Å². The summed E-state index contributed by atoms with van der Waals surface area (Å²) in [5, 5.41) is 3.67. The predicted octanol–water partition coefficient (Wildman–Crippen LogP) is 6.52. The molecular weight excluding hydrogens is 394 g/mol. The molecule has 4 saturated carbocycles. The van der Waals surface area contributed by atoms with Crippen molar-refractivity contribution in [3.63, 3.8) is 0 Å². The number of nitrogens with one attached hydrogen (secondary N) is 1. The molecule has 0 saturated heterocycles. The predicted molar refractivity (Wildman–Crippen MR) is 121 cm³/mol. The van der Waals surface area contributed by atoms with Gasteiger partial charge in [0, 0.05) is 10.7 Å². The van der Waals surface area contributed by atoms with Crippen molar-refractivity contribution in [2.45, 2.75) is 63.9 Å². The lowest BCUT2D eigenvalue weighted by atomic mass is 9.48. The Balaban J connectivity index is 1.24. The largest absolute Gasteiger partial charge is 0.481 e. The molecule has 158 valence electrons. The van der Waals surface area contributed by atoms with Gasteiger partial charge in [0.25, 0.3) is 5.91 Å². The van der Waals surface area contributed by atoms with Crippen LogP contribution >= 0.6 is 11.6 Å². The molecule has 4 heteroatoms. The van der Waals surface area contributed by atoms with Gasteiger partial charge in [-0.25, -0.2) is 0 Å². The maximum absolute atomic E-state index is 12.6. The van der Waals surface area contributed by atoms with Gasteiger partial charge in [-0.15, -0.1) is 0 Å². The van der Waals surface area contributed by atoms with Crippen LogP contribution in [0.1, 0.15) is 56.6 Å². The van der Waals surface area contributed by atoms with Crippen LogP contribution in [0.5, 0.6) is 5.75 Å². The molecule has 0 aliphatic heterocycles. The van der Waals surface area contributed by atoms with E-state index in [2.05, 4.69) is 29.6 Å². The normalized spacial score (nSPS) is 30.2. The zero-order chi connectivity index (χ0) is 20.9. The third-order valence-electron chi connectivity index (χ3n) is 7.61. The molecule has 2 aromatic rings. The zero-order valence-electron chi connectivity index (χ0n) is 17.8. The second kappa shape index (κ2) is 7.60. The Morgan fingerprint density at radius 3 is 2.20 bits per heavy atom. The van der Waals surface area contributed by atoms with Crippen molar-refractivity contribution in [3.05, 3.63) is 58.6 Å². The number of benzene rings is 2. The number of hydrogen-bond acceptors (Lipinski definition) is 2. The summed E-state index contributed by atoms with van der Waals surface area (Å²) >= 11 is 6.00. The van der Waals surface area contributed by atoms with E-state index < -0.39 is 6.10 Å². The summed E-state index contributed by atoms with van der Waals surface area (Å²) in [7, 11) is 0. The smallest absolute Gasteiger partial charge is 0.265 e. The zero-order valence-corrected chi connectivity index (χ0v) is 18.5. The van der Waals surface area contributed by atoms with E-state index in [9.17, 15) is 4.79 Å².